The molecular formula is C14H20FNO3. The molecule has 0 radical (unpaired) electrons. The van der Waals surface area contributed by atoms with E-state index in [1.54, 1.807) is 51.1 Å². The van der Waals surface area contributed by atoms with E-state index in [2.05, 4.69) is 5.32 Å². The molecule has 0 aliphatic carbocycles. The molecule has 0 unspecified atom stereocenters. The zero-order valence-electron chi connectivity index (χ0n) is 11.4. The van der Waals surface area contributed by atoms with Crippen molar-refractivity contribution in [1.82, 2.24) is 5.32 Å². The van der Waals surface area contributed by atoms with Crippen LogP contribution in [0.25, 0.3) is 0 Å². The van der Waals surface area contributed by atoms with E-state index in [1.807, 2.05) is 0 Å². The molecule has 0 fully saturated rings. The van der Waals surface area contributed by atoms with Gasteiger partial charge in [0, 0.05) is 0 Å². The van der Waals surface area contributed by atoms with E-state index in [0.29, 0.717) is 5.56 Å². The molecule has 19 heavy (non-hydrogen) atoms. The number of alkyl halides is 1. The standard InChI is InChI=1S/C14H20FNO3/c1-14(2,3)19-13(18)16-11(9-17)12(15)10-7-5-4-6-8-10/h4-8,11-12,17H,9H2,1-3H3,(H,16,18)/t11-,12-/m1/s1. The molecule has 106 valence electrons. The maximum atomic E-state index is 14.2. The summed E-state index contributed by atoms with van der Waals surface area (Å²) < 4.78 is 19.2. The van der Waals surface area contributed by atoms with Crippen molar-refractivity contribution in [3.63, 3.8) is 0 Å². The number of hydrogen-bond donors (Lipinski definition) is 2. The fourth-order valence-electron chi connectivity index (χ4n) is 1.54. The first kappa shape index (κ1) is 15.4. The van der Waals surface area contributed by atoms with Gasteiger partial charge in [-0.05, 0) is 26.3 Å². The first-order valence-electron chi connectivity index (χ1n) is 6.13. The Labute approximate surface area is 112 Å². The third-order valence-electron chi connectivity index (χ3n) is 2.37. The lowest BCUT2D eigenvalue weighted by Crippen LogP contribution is -2.43. The molecule has 1 aromatic rings. The Kier molecular flexibility index (Phi) is 5.30. The average molecular weight is 269 g/mol. The van der Waals surface area contributed by atoms with Crippen LogP contribution in [0.15, 0.2) is 30.3 Å². The van der Waals surface area contributed by atoms with Crippen LogP contribution in [-0.2, 0) is 4.74 Å². The largest absolute Gasteiger partial charge is 0.444 e. The Bertz CT molecular complexity index is 403. The lowest BCUT2D eigenvalue weighted by Gasteiger charge is -2.24. The molecule has 1 rings (SSSR count). The van der Waals surface area contributed by atoms with Crippen molar-refractivity contribution in [3.8, 4) is 0 Å². The van der Waals surface area contributed by atoms with Crippen LogP contribution in [0, 0.1) is 0 Å². The quantitative estimate of drug-likeness (QED) is 0.883. The molecule has 1 aromatic carbocycles. The second-order valence-corrected chi connectivity index (χ2v) is 5.25. The summed E-state index contributed by atoms with van der Waals surface area (Å²) in [5.74, 6) is 0. The summed E-state index contributed by atoms with van der Waals surface area (Å²) in [6.07, 6.45) is -2.23. The van der Waals surface area contributed by atoms with Crippen molar-refractivity contribution in [3.05, 3.63) is 35.9 Å². The Morgan fingerprint density at radius 1 is 1.37 bits per heavy atom. The Balaban J connectivity index is 2.66. The number of aliphatic hydroxyl groups is 1. The highest BCUT2D eigenvalue weighted by Crippen LogP contribution is 2.21. The number of hydrogen-bond acceptors (Lipinski definition) is 3. The number of carbonyl (C=O) groups is 1. The summed E-state index contributed by atoms with van der Waals surface area (Å²) in [7, 11) is 0. The molecule has 0 bridgehead atoms. The van der Waals surface area contributed by atoms with Crippen LogP contribution in [0.5, 0.6) is 0 Å². The number of rotatable bonds is 4. The molecule has 4 nitrogen and oxygen atoms in total. The fourth-order valence-corrected chi connectivity index (χ4v) is 1.54. The molecule has 5 heteroatoms. The van der Waals surface area contributed by atoms with Crippen molar-refractivity contribution in [2.24, 2.45) is 0 Å². The van der Waals surface area contributed by atoms with Gasteiger partial charge in [-0.2, -0.15) is 0 Å². The topological polar surface area (TPSA) is 58.6 Å². The maximum absolute atomic E-state index is 14.2. The maximum Gasteiger partial charge on any atom is 0.408 e. The smallest absolute Gasteiger partial charge is 0.408 e. The third-order valence-corrected chi connectivity index (χ3v) is 2.37. The molecule has 0 spiro atoms. The normalized spacial score (nSPS) is 14.6. The van der Waals surface area contributed by atoms with Crippen LogP contribution in [-0.4, -0.2) is 29.4 Å². The van der Waals surface area contributed by atoms with E-state index in [1.165, 1.54) is 0 Å². The van der Waals surface area contributed by atoms with Gasteiger partial charge in [-0.25, -0.2) is 9.18 Å². The molecule has 0 aliphatic heterocycles. The van der Waals surface area contributed by atoms with Gasteiger partial charge in [-0.1, -0.05) is 30.3 Å². The first-order chi connectivity index (χ1) is 8.83. The van der Waals surface area contributed by atoms with Gasteiger partial charge in [0.05, 0.1) is 12.6 Å². The van der Waals surface area contributed by atoms with Crippen LogP contribution in [0.1, 0.15) is 32.5 Å². The van der Waals surface area contributed by atoms with Crippen molar-refractivity contribution in [2.75, 3.05) is 6.61 Å². The molecule has 0 saturated carbocycles. The van der Waals surface area contributed by atoms with Gasteiger partial charge in [0.15, 0.2) is 0 Å². The number of ether oxygens (including phenoxy) is 1. The zero-order valence-corrected chi connectivity index (χ0v) is 11.4. The summed E-state index contributed by atoms with van der Waals surface area (Å²) in [6, 6.07) is 7.34. The van der Waals surface area contributed by atoms with E-state index in [9.17, 15) is 14.3 Å². The monoisotopic (exact) mass is 269 g/mol. The van der Waals surface area contributed by atoms with Gasteiger partial charge in [0.2, 0.25) is 0 Å². The van der Waals surface area contributed by atoms with Crippen LogP contribution in [0.3, 0.4) is 0 Å². The molecule has 2 N–H and O–H groups in total. The van der Waals surface area contributed by atoms with Gasteiger partial charge >= 0.3 is 6.09 Å². The van der Waals surface area contributed by atoms with Crippen LogP contribution >= 0.6 is 0 Å². The van der Waals surface area contributed by atoms with E-state index >= 15 is 0 Å². The van der Waals surface area contributed by atoms with Crippen molar-refractivity contribution in [1.29, 1.82) is 0 Å². The van der Waals surface area contributed by atoms with Gasteiger partial charge in [-0.3, -0.25) is 0 Å². The van der Waals surface area contributed by atoms with E-state index < -0.39 is 30.5 Å². The highest BCUT2D eigenvalue weighted by molar-refractivity contribution is 5.68. The molecule has 1 amide bonds. The van der Waals surface area contributed by atoms with Gasteiger partial charge < -0.3 is 15.2 Å². The molecular weight excluding hydrogens is 249 g/mol. The Hall–Kier alpha value is -1.62. The number of nitrogens with one attached hydrogen (secondary N) is 1. The van der Waals surface area contributed by atoms with Gasteiger partial charge in [0.1, 0.15) is 11.8 Å². The minimum absolute atomic E-state index is 0.401. The number of alkyl carbamates (subject to hydrolysis) is 1. The summed E-state index contributed by atoms with van der Waals surface area (Å²) >= 11 is 0. The summed E-state index contributed by atoms with van der Waals surface area (Å²) in [6.45, 7) is 4.63. The number of halogens is 1. The van der Waals surface area contributed by atoms with Gasteiger partial charge in [-0.15, -0.1) is 0 Å². The lowest BCUT2D eigenvalue weighted by molar-refractivity contribution is 0.0434. The van der Waals surface area contributed by atoms with E-state index in [0.717, 1.165) is 0 Å². The Morgan fingerprint density at radius 3 is 2.42 bits per heavy atom. The first-order valence-corrected chi connectivity index (χ1v) is 6.13. The molecule has 0 aliphatic rings. The zero-order chi connectivity index (χ0) is 14.5. The van der Waals surface area contributed by atoms with Crippen molar-refractivity contribution >= 4 is 6.09 Å². The van der Waals surface area contributed by atoms with Crippen LogP contribution < -0.4 is 5.32 Å². The molecule has 2 atom stereocenters. The highest BCUT2D eigenvalue weighted by atomic mass is 19.1. The Morgan fingerprint density at radius 2 is 1.95 bits per heavy atom. The second kappa shape index (κ2) is 6.52. The summed E-state index contributed by atoms with van der Waals surface area (Å²) in [5.41, 5.74) is -0.263. The predicted molar refractivity (Wildman–Crippen MR) is 70.5 cm³/mol. The summed E-state index contributed by atoms with van der Waals surface area (Å²) in [4.78, 5) is 11.6. The number of aliphatic hydroxyl groups excluding tert-OH is 1. The number of benzene rings is 1. The average Bonchev–Trinajstić information content (AvgIpc) is 2.34. The minimum atomic E-state index is -1.49. The fraction of sp³-hybridized carbons (Fsp3) is 0.500. The summed E-state index contributed by atoms with van der Waals surface area (Å²) in [5, 5.41) is 11.5. The third kappa shape index (κ3) is 5.26. The van der Waals surface area contributed by atoms with Crippen molar-refractivity contribution < 1.29 is 19.0 Å². The van der Waals surface area contributed by atoms with Crippen LogP contribution in [0.2, 0.25) is 0 Å². The molecule has 0 saturated heterocycles. The second-order valence-electron chi connectivity index (χ2n) is 5.25. The van der Waals surface area contributed by atoms with E-state index in [-0.39, 0.29) is 0 Å². The lowest BCUT2D eigenvalue weighted by atomic mass is 10.0. The number of carbonyl (C=O) groups excluding carboxylic acids is 1. The predicted octanol–water partition coefficient (Wildman–Crippen LogP) is 2.58. The van der Waals surface area contributed by atoms with Gasteiger partial charge in [0.25, 0.3) is 0 Å². The van der Waals surface area contributed by atoms with Crippen molar-refractivity contribution in [2.45, 2.75) is 38.6 Å². The highest BCUT2D eigenvalue weighted by Gasteiger charge is 2.26. The SMILES string of the molecule is CC(C)(C)OC(=O)N[C@H](CO)[C@H](F)c1ccccc1. The molecule has 0 aromatic heterocycles. The minimum Gasteiger partial charge on any atom is -0.444 e. The molecule has 0 heterocycles. The van der Waals surface area contributed by atoms with Crippen LogP contribution in [0.4, 0.5) is 9.18 Å². The van der Waals surface area contributed by atoms with E-state index in [4.69, 9.17) is 4.74 Å². The number of amides is 1.